The number of hydrogen-bond acceptors (Lipinski definition) is 10. The molecule has 5 N–H and O–H groups in total. The molecule has 0 bridgehead atoms. The number of anilines is 2. The molecule has 1 aliphatic heterocycles. The van der Waals surface area contributed by atoms with E-state index in [1.54, 1.807) is 19.1 Å². The molecule has 1 atom stereocenters. The van der Waals surface area contributed by atoms with Crippen molar-refractivity contribution in [3.8, 4) is 0 Å². The number of carbonyl (C=O) groups is 3. The van der Waals surface area contributed by atoms with Crippen LogP contribution in [0.4, 0.5) is 11.4 Å². The van der Waals surface area contributed by atoms with Gasteiger partial charge in [0.15, 0.2) is 5.65 Å². The topological polar surface area (TPSA) is 202 Å². The molecular formula is C32H28N8O6. The predicted molar refractivity (Wildman–Crippen MR) is 166 cm³/mol. The SMILES string of the molecule is Cc1c(C(=O)O)ccc2c1CC[C@@H]2NC(=O)c1cc(C(=O)NCc2ccc3c(c2)CN(c2c(N)c(=O)c2=O)CC3)nc2cnnn12. The number of nitrogens with one attached hydrogen (secondary N) is 2. The van der Waals surface area contributed by atoms with Crippen molar-refractivity contribution in [3.05, 3.63) is 113 Å². The van der Waals surface area contributed by atoms with Gasteiger partial charge < -0.3 is 26.4 Å². The van der Waals surface area contributed by atoms with E-state index in [1.807, 2.05) is 23.1 Å². The summed E-state index contributed by atoms with van der Waals surface area (Å²) in [6.45, 7) is 2.94. The van der Waals surface area contributed by atoms with Crippen LogP contribution in [0.2, 0.25) is 0 Å². The van der Waals surface area contributed by atoms with Crippen LogP contribution in [0.1, 0.15) is 77.2 Å². The third-order valence-corrected chi connectivity index (χ3v) is 8.94. The Hall–Kier alpha value is -5.92. The van der Waals surface area contributed by atoms with E-state index in [0.29, 0.717) is 37.9 Å². The fraction of sp³-hybridized carbons (Fsp3) is 0.250. The summed E-state index contributed by atoms with van der Waals surface area (Å²) in [6.07, 6.45) is 3.26. The van der Waals surface area contributed by atoms with Gasteiger partial charge in [0.2, 0.25) is 0 Å². The molecule has 5 aromatic rings. The Labute approximate surface area is 260 Å². The molecule has 14 heteroatoms. The number of aromatic nitrogens is 4. The quantitative estimate of drug-likeness (QED) is 0.191. The monoisotopic (exact) mass is 620 g/mol. The van der Waals surface area contributed by atoms with E-state index in [2.05, 4.69) is 25.9 Å². The summed E-state index contributed by atoms with van der Waals surface area (Å²) < 4.78 is 1.26. The smallest absolute Gasteiger partial charge is 0.335 e. The van der Waals surface area contributed by atoms with Gasteiger partial charge in [-0.05, 0) is 65.6 Å². The molecule has 232 valence electrons. The molecule has 0 radical (unpaired) electrons. The summed E-state index contributed by atoms with van der Waals surface area (Å²) in [6, 6.07) is 10.1. The number of amides is 2. The zero-order valence-corrected chi connectivity index (χ0v) is 24.7. The van der Waals surface area contributed by atoms with Gasteiger partial charge in [-0.2, -0.15) is 4.52 Å². The van der Waals surface area contributed by atoms with Gasteiger partial charge in [0.1, 0.15) is 22.8 Å². The summed E-state index contributed by atoms with van der Waals surface area (Å²) in [7, 11) is 0. The number of benzene rings is 2. The van der Waals surface area contributed by atoms with Gasteiger partial charge in [0, 0.05) is 25.7 Å². The van der Waals surface area contributed by atoms with E-state index in [9.17, 15) is 29.1 Å². The van der Waals surface area contributed by atoms with Crippen LogP contribution in [0.25, 0.3) is 5.65 Å². The van der Waals surface area contributed by atoms with E-state index < -0.39 is 28.6 Å². The van der Waals surface area contributed by atoms with E-state index in [4.69, 9.17) is 5.73 Å². The first-order valence-corrected chi connectivity index (χ1v) is 14.7. The van der Waals surface area contributed by atoms with Crippen LogP contribution in [-0.4, -0.2) is 49.2 Å². The molecule has 2 amide bonds. The minimum Gasteiger partial charge on any atom is -0.478 e. The van der Waals surface area contributed by atoms with Crippen molar-refractivity contribution < 1.29 is 19.5 Å². The highest BCUT2D eigenvalue weighted by molar-refractivity contribution is 5.98. The molecule has 3 heterocycles. The van der Waals surface area contributed by atoms with Gasteiger partial charge in [-0.25, -0.2) is 9.78 Å². The highest BCUT2D eigenvalue weighted by Crippen LogP contribution is 2.35. The summed E-state index contributed by atoms with van der Waals surface area (Å²) in [5.41, 5.74) is 10.7. The Morgan fingerprint density at radius 1 is 1.04 bits per heavy atom. The molecule has 46 heavy (non-hydrogen) atoms. The first kappa shape index (κ1) is 28.8. The Morgan fingerprint density at radius 2 is 1.87 bits per heavy atom. The van der Waals surface area contributed by atoms with Gasteiger partial charge in [-0.3, -0.25) is 19.2 Å². The average molecular weight is 621 g/mol. The number of nitrogens with two attached hydrogens (primary N) is 1. The number of fused-ring (bicyclic) bond motifs is 3. The number of rotatable bonds is 7. The number of nitrogens with zero attached hydrogens (tertiary/aromatic N) is 5. The van der Waals surface area contributed by atoms with Crippen LogP contribution in [0.15, 0.2) is 52.2 Å². The number of carboxylic acids is 1. The fourth-order valence-corrected chi connectivity index (χ4v) is 6.49. The zero-order chi connectivity index (χ0) is 32.3. The predicted octanol–water partition coefficient (Wildman–Crippen LogP) is 1.22. The van der Waals surface area contributed by atoms with Crippen molar-refractivity contribution in [3.63, 3.8) is 0 Å². The van der Waals surface area contributed by atoms with Gasteiger partial charge in [-0.15, -0.1) is 5.10 Å². The molecule has 3 aromatic carbocycles. The Balaban J connectivity index is 1.07. The fourth-order valence-electron chi connectivity index (χ4n) is 6.49. The van der Waals surface area contributed by atoms with Crippen molar-refractivity contribution in [1.82, 2.24) is 30.4 Å². The van der Waals surface area contributed by atoms with Crippen molar-refractivity contribution in [2.45, 2.75) is 45.3 Å². The van der Waals surface area contributed by atoms with Crippen LogP contribution in [-0.2, 0) is 25.9 Å². The molecule has 0 saturated heterocycles. The minimum absolute atomic E-state index is 0.000240. The summed E-state index contributed by atoms with van der Waals surface area (Å²) >= 11 is 0. The third-order valence-electron chi connectivity index (χ3n) is 8.94. The lowest BCUT2D eigenvalue weighted by molar-refractivity contribution is 0.0695. The highest BCUT2D eigenvalue weighted by atomic mass is 16.4. The Morgan fingerprint density at radius 3 is 2.65 bits per heavy atom. The molecule has 0 fully saturated rings. The molecule has 7 rings (SSSR count). The van der Waals surface area contributed by atoms with Gasteiger partial charge >= 0.3 is 5.97 Å². The van der Waals surface area contributed by atoms with Crippen molar-refractivity contribution in [1.29, 1.82) is 0 Å². The van der Waals surface area contributed by atoms with Crippen molar-refractivity contribution in [2.75, 3.05) is 17.2 Å². The molecule has 0 unspecified atom stereocenters. The van der Waals surface area contributed by atoms with E-state index in [0.717, 1.165) is 27.8 Å². The first-order valence-electron chi connectivity index (χ1n) is 14.7. The number of aromatic carboxylic acids is 1. The maximum atomic E-state index is 13.5. The van der Waals surface area contributed by atoms with Crippen molar-refractivity contribution in [2.24, 2.45) is 0 Å². The van der Waals surface area contributed by atoms with Crippen molar-refractivity contribution >= 4 is 34.8 Å². The second-order valence-corrected chi connectivity index (χ2v) is 11.6. The average Bonchev–Trinajstić information content (AvgIpc) is 3.70. The van der Waals surface area contributed by atoms with Gasteiger partial charge in [0.05, 0.1) is 17.8 Å². The van der Waals surface area contributed by atoms with Crippen LogP contribution in [0.3, 0.4) is 0 Å². The molecular weight excluding hydrogens is 592 g/mol. The summed E-state index contributed by atoms with van der Waals surface area (Å²) in [5.74, 6) is -1.98. The molecule has 0 spiro atoms. The van der Waals surface area contributed by atoms with Gasteiger partial charge in [0.25, 0.3) is 22.7 Å². The lowest BCUT2D eigenvalue weighted by Gasteiger charge is -2.32. The third kappa shape index (κ3) is 4.74. The maximum Gasteiger partial charge on any atom is 0.335 e. The Kier molecular flexibility index (Phi) is 6.84. The first-order chi connectivity index (χ1) is 22.1. The van der Waals surface area contributed by atoms with E-state index in [1.165, 1.54) is 16.8 Å². The lowest BCUT2D eigenvalue weighted by atomic mass is 9.96. The molecule has 2 aromatic heterocycles. The zero-order valence-electron chi connectivity index (χ0n) is 24.7. The normalized spacial score (nSPS) is 15.5. The van der Waals surface area contributed by atoms with Crippen LogP contribution < -0.4 is 32.1 Å². The maximum absolute atomic E-state index is 13.5. The molecule has 0 saturated carbocycles. The lowest BCUT2D eigenvalue weighted by Crippen LogP contribution is -2.44. The molecule has 2 aliphatic rings. The van der Waals surface area contributed by atoms with Crippen LogP contribution in [0.5, 0.6) is 0 Å². The van der Waals surface area contributed by atoms with Crippen LogP contribution in [0, 0.1) is 6.92 Å². The second kappa shape index (κ2) is 10.9. The number of nitrogen functional groups attached to an aromatic ring is 1. The van der Waals surface area contributed by atoms with E-state index in [-0.39, 0.29) is 46.6 Å². The number of carbonyl (C=O) groups excluding carboxylic acids is 2. The number of hydrogen-bond donors (Lipinski definition) is 4. The largest absolute Gasteiger partial charge is 0.478 e. The standard InChI is InChI=1S/C32H28N8O6/c1-15-19-6-7-22(21(19)5-4-20(15)32(45)46)37-31(44)24-11-23(36-25-13-35-38-40(24)25)30(43)34-12-16-2-3-17-8-9-39(14-18(17)10-16)27-26(33)28(41)29(27)42/h2-5,10-11,13,22H,6-9,12,14,33H2,1H3,(H,34,43)(H,37,44)(H,45,46)/t22-/m0/s1. The summed E-state index contributed by atoms with van der Waals surface area (Å²) in [4.78, 5) is 68.1. The van der Waals surface area contributed by atoms with E-state index >= 15 is 0 Å². The highest BCUT2D eigenvalue weighted by Gasteiger charge is 2.30. The summed E-state index contributed by atoms with van der Waals surface area (Å²) in [5, 5.41) is 23.2. The number of carboxylic acid groups (broad SMARTS) is 1. The minimum atomic E-state index is -0.994. The molecule has 14 nitrogen and oxygen atoms in total. The second-order valence-electron chi connectivity index (χ2n) is 11.6. The Bertz CT molecular complexity index is 2180. The molecule has 1 aliphatic carbocycles. The van der Waals surface area contributed by atoms with Crippen LogP contribution >= 0.6 is 0 Å². The van der Waals surface area contributed by atoms with Gasteiger partial charge in [-0.1, -0.05) is 29.5 Å².